The molecule has 0 spiro atoms. The van der Waals surface area contributed by atoms with Gasteiger partial charge in [-0.05, 0) is 57.8 Å². The number of nitrogens with one attached hydrogen (secondary N) is 5. The first-order valence-corrected chi connectivity index (χ1v) is 23.0. The molecule has 3 atom stereocenters. The third kappa shape index (κ3) is 31.5. The fourth-order valence-electron chi connectivity index (χ4n) is 7.12. The van der Waals surface area contributed by atoms with Crippen molar-refractivity contribution >= 4 is 65.5 Å². The van der Waals surface area contributed by atoms with Crippen LogP contribution in [0.4, 0.5) is 4.79 Å². The summed E-state index contributed by atoms with van der Waals surface area (Å²) < 4.78 is 0. The molecule has 0 saturated carbocycles. The molecule has 69 heavy (non-hydrogen) atoms. The van der Waals surface area contributed by atoms with E-state index < -0.39 is 84.7 Å². The molecule has 0 aliphatic carbocycles. The molecule has 1 aliphatic heterocycles. The number of carbonyl (C=O) groups excluding carboxylic acids is 4. The molecular weight excluding hydrogens is 919 g/mol. The summed E-state index contributed by atoms with van der Waals surface area (Å²) in [7, 11) is 0. The maximum atomic E-state index is 12.9. The Morgan fingerprint density at radius 2 is 0.696 bits per heavy atom. The molecule has 3 unspecified atom stereocenters. The zero-order valence-electron chi connectivity index (χ0n) is 38.9. The van der Waals surface area contributed by atoms with Crippen LogP contribution in [0, 0.1) is 0 Å². The number of carboxylic acid groups (broad SMARTS) is 7. The average Bonchev–Trinajstić information content (AvgIpc) is 3.25. The molecule has 392 valence electrons. The van der Waals surface area contributed by atoms with Crippen molar-refractivity contribution in [3.8, 4) is 0 Å². The molecular formula is C42H71N9O18. The van der Waals surface area contributed by atoms with Crippen molar-refractivity contribution in [2.45, 2.75) is 108 Å². The van der Waals surface area contributed by atoms with E-state index in [0.29, 0.717) is 51.4 Å². The van der Waals surface area contributed by atoms with E-state index in [-0.39, 0.29) is 129 Å². The average molecular weight is 990 g/mol. The Balaban J connectivity index is 2.39. The zero-order valence-corrected chi connectivity index (χ0v) is 38.9. The van der Waals surface area contributed by atoms with E-state index in [9.17, 15) is 78.3 Å². The first-order valence-electron chi connectivity index (χ1n) is 23.0. The fraction of sp³-hybridized carbons (Fsp3) is 0.738. The molecule has 5 amide bonds. The maximum absolute atomic E-state index is 12.9. The van der Waals surface area contributed by atoms with Crippen LogP contribution in [-0.2, 0) is 47.9 Å². The lowest BCUT2D eigenvalue weighted by molar-refractivity contribution is -0.142. The van der Waals surface area contributed by atoms with Gasteiger partial charge in [0.25, 0.3) is 0 Å². The van der Waals surface area contributed by atoms with Crippen molar-refractivity contribution in [2.75, 3.05) is 91.6 Å². The number of aliphatic carboxylic acids is 7. The summed E-state index contributed by atoms with van der Waals surface area (Å²) in [6.45, 7) is 1.51. The van der Waals surface area contributed by atoms with E-state index in [1.807, 2.05) is 5.32 Å². The zero-order chi connectivity index (χ0) is 51.7. The van der Waals surface area contributed by atoms with Crippen molar-refractivity contribution in [1.82, 2.24) is 46.2 Å². The summed E-state index contributed by atoms with van der Waals surface area (Å²) in [4.78, 5) is 136. The molecule has 1 aliphatic rings. The minimum Gasteiger partial charge on any atom is -0.481 e. The first-order chi connectivity index (χ1) is 32.6. The van der Waals surface area contributed by atoms with Crippen molar-refractivity contribution in [2.24, 2.45) is 0 Å². The molecule has 1 fully saturated rings. The molecule has 0 aromatic carbocycles. The minimum atomic E-state index is -1.52. The van der Waals surface area contributed by atoms with Gasteiger partial charge in [-0.1, -0.05) is 12.8 Å². The Kier molecular flexibility index (Phi) is 30.9. The summed E-state index contributed by atoms with van der Waals surface area (Å²) >= 11 is 0. The van der Waals surface area contributed by atoms with Gasteiger partial charge < -0.3 is 62.3 Å². The number of urea groups is 1. The topological polar surface area (TPSA) is 402 Å². The van der Waals surface area contributed by atoms with Gasteiger partial charge in [-0.2, -0.15) is 0 Å². The molecule has 0 radical (unpaired) electrons. The molecule has 12 N–H and O–H groups in total. The number of rotatable bonds is 34. The molecule has 1 saturated heterocycles. The SMILES string of the molecule is O=C(O)CCC(NC(=O)NC(CCCCNC(=O)CCCCCCC(=O)NC(CCCCNC(=O)CN1CCN(CC(=O)O)CCN(CC(=O)O)CCN(CC(=O)O)CC1)C(=O)O)C(=O)O)C(=O)O. The van der Waals surface area contributed by atoms with E-state index in [1.54, 1.807) is 19.6 Å². The van der Waals surface area contributed by atoms with Crippen LogP contribution in [0.25, 0.3) is 0 Å². The lowest BCUT2D eigenvalue weighted by Crippen LogP contribution is -2.51. The number of carboxylic acids is 7. The van der Waals surface area contributed by atoms with E-state index in [4.69, 9.17) is 10.2 Å². The number of hydrogen-bond acceptors (Lipinski definition) is 15. The first kappa shape index (κ1) is 60.8. The van der Waals surface area contributed by atoms with Crippen LogP contribution in [0.2, 0.25) is 0 Å². The predicted octanol–water partition coefficient (Wildman–Crippen LogP) is -1.98. The second kappa shape index (κ2) is 35.0. The molecule has 1 heterocycles. The van der Waals surface area contributed by atoms with E-state index in [0.717, 1.165) is 0 Å². The van der Waals surface area contributed by atoms with Gasteiger partial charge in [0.1, 0.15) is 18.1 Å². The van der Waals surface area contributed by atoms with Crippen LogP contribution in [-0.4, -0.2) is 231 Å². The van der Waals surface area contributed by atoms with Gasteiger partial charge in [0.15, 0.2) is 0 Å². The highest BCUT2D eigenvalue weighted by Gasteiger charge is 2.26. The summed E-state index contributed by atoms with van der Waals surface area (Å²) in [6, 6.07) is -5.09. The largest absolute Gasteiger partial charge is 0.481 e. The predicted molar refractivity (Wildman–Crippen MR) is 241 cm³/mol. The van der Waals surface area contributed by atoms with Crippen LogP contribution < -0.4 is 26.6 Å². The van der Waals surface area contributed by atoms with Gasteiger partial charge in [-0.25, -0.2) is 19.2 Å². The summed E-state index contributed by atoms with van der Waals surface area (Å²) in [5.41, 5.74) is 0. The van der Waals surface area contributed by atoms with Crippen molar-refractivity contribution in [3.63, 3.8) is 0 Å². The van der Waals surface area contributed by atoms with Crippen LogP contribution in [0.15, 0.2) is 0 Å². The van der Waals surface area contributed by atoms with Gasteiger partial charge in [-0.15, -0.1) is 0 Å². The van der Waals surface area contributed by atoms with E-state index in [2.05, 4.69) is 21.3 Å². The molecule has 0 aromatic rings. The van der Waals surface area contributed by atoms with Crippen LogP contribution in [0.1, 0.15) is 89.9 Å². The Morgan fingerprint density at radius 3 is 1.07 bits per heavy atom. The van der Waals surface area contributed by atoms with E-state index >= 15 is 0 Å². The third-order valence-electron chi connectivity index (χ3n) is 10.9. The summed E-state index contributed by atoms with van der Waals surface area (Å²) in [6.07, 6.45) is 3.13. The molecule has 0 bridgehead atoms. The number of amides is 5. The summed E-state index contributed by atoms with van der Waals surface area (Å²) in [5.74, 6) is -9.52. The van der Waals surface area contributed by atoms with Crippen molar-refractivity contribution < 1.29 is 88.5 Å². The highest BCUT2D eigenvalue weighted by atomic mass is 16.4. The fourth-order valence-corrected chi connectivity index (χ4v) is 7.12. The Labute approximate surface area is 399 Å². The highest BCUT2D eigenvalue weighted by molar-refractivity contribution is 5.86. The van der Waals surface area contributed by atoms with Crippen LogP contribution >= 0.6 is 0 Å². The number of unbranched alkanes of at least 4 members (excludes halogenated alkanes) is 5. The standard InChI is InChI=1S/C42H71N9O18/c52-32(43-15-7-6-10-30(40(65)66)46-42(69)47-31(41(67)68)13-14-35(55)56)11-3-1-2-4-12-33(53)45-29(39(63)64)9-5-8-16-44-34(54)25-48-17-19-49(26-36(57)58)21-23-51(28-38(61)62)24-22-50(20-18-48)27-37(59)60/h29-31H,1-28H2,(H,43,52)(H,44,54)(H,45,53)(H,55,56)(H,57,58)(H,59,60)(H,61,62)(H,63,64)(H,65,66)(H,67,68)(H2,46,47,69). The van der Waals surface area contributed by atoms with Gasteiger partial charge in [0, 0.05) is 84.7 Å². The van der Waals surface area contributed by atoms with Gasteiger partial charge >= 0.3 is 47.8 Å². The van der Waals surface area contributed by atoms with Crippen LogP contribution in [0.5, 0.6) is 0 Å². The Bertz CT molecular complexity index is 1670. The maximum Gasteiger partial charge on any atom is 0.326 e. The second-order valence-corrected chi connectivity index (χ2v) is 16.7. The normalized spacial score (nSPS) is 15.7. The number of hydrogen-bond donors (Lipinski definition) is 12. The molecule has 27 nitrogen and oxygen atoms in total. The quantitative estimate of drug-likeness (QED) is 0.0311. The Hall–Kier alpha value is -6.19. The second-order valence-electron chi connectivity index (χ2n) is 16.7. The minimum absolute atomic E-state index is 0.0174. The smallest absolute Gasteiger partial charge is 0.326 e. The van der Waals surface area contributed by atoms with Gasteiger partial charge in [0.05, 0.1) is 26.2 Å². The molecule has 0 aromatic heterocycles. The third-order valence-corrected chi connectivity index (χ3v) is 10.9. The van der Waals surface area contributed by atoms with Crippen LogP contribution in [0.3, 0.4) is 0 Å². The number of nitrogens with zero attached hydrogens (tertiary/aromatic N) is 4. The monoisotopic (exact) mass is 989 g/mol. The van der Waals surface area contributed by atoms with Crippen molar-refractivity contribution in [1.29, 1.82) is 0 Å². The lowest BCUT2D eigenvalue weighted by atomic mass is 10.1. The van der Waals surface area contributed by atoms with Gasteiger partial charge in [0.2, 0.25) is 17.7 Å². The van der Waals surface area contributed by atoms with E-state index in [1.165, 1.54) is 0 Å². The highest BCUT2D eigenvalue weighted by Crippen LogP contribution is 2.09. The van der Waals surface area contributed by atoms with Crippen molar-refractivity contribution in [3.05, 3.63) is 0 Å². The molecule has 1 rings (SSSR count). The lowest BCUT2D eigenvalue weighted by Gasteiger charge is -2.32. The summed E-state index contributed by atoms with van der Waals surface area (Å²) in [5, 5.41) is 77.4. The van der Waals surface area contributed by atoms with Gasteiger partial charge in [-0.3, -0.25) is 53.2 Å². The Morgan fingerprint density at radius 1 is 0.348 bits per heavy atom. The molecule has 27 heteroatoms. The number of carbonyl (C=O) groups is 11.